The van der Waals surface area contributed by atoms with Gasteiger partial charge in [-0.2, -0.15) is 0 Å². The molecule has 2 aromatic carbocycles. The van der Waals surface area contributed by atoms with Crippen LogP contribution in [0.4, 0.5) is 0 Å². The van der Waals surface area contributed by atoms with Crippen molar-refractivity contribution in [1.82, 2.24) is 0 Å². The third kappa shape index (κ3) is 6.02. The summed E-state index contributed by atoms with van der Waals surface area (Å²) < 4.78 is 29.4. The zero-order valence-corrected chi connectivity index (χ0v) is 17.5. The maximum Gasteiger partial charge on any atom is 0.307 e. The van der Waals surface area contributed by atoms with Crippen molar-refractivity contribution in [2.75, 3.05) is 12.4 Å². The number of hydrogen-bond donors (Lipinski definition) is 0. The first-order chi connectivity index (χ1) is 13.0. The predicted octanol–water partition coefficient (Wildman–Crippen LogP) is 3.88. The van der Waals surface area contributed by atoms with E-state index in [4.69, 9.17) is 4.74 Å². The van der Waals surface area contributed by atoms with Crippen molar-refractivity contribution < 1.29 is 22.7 Å². The van der Waals surface area contributed by atoms with E-state index >= 15 is 0 Å². The molecule has 0 aliphatic carbocycles. The molecule has 6 heteroatoms. The quantitative estimate of drug-likeness (QED) is 0.519. The fraction of sp³-hybridized carbons (Fsp3) is 0.364. The average Bonchev–Trinajstić information content (AvgIpc) is 2.64. The van der Waals surface area contributed by atoms with Crippen LogP contribution in [0.25, 0.3) is 0 Å². The van der Waals surface area contributed by atoms with E-state index in [-0.39, 0.29) is 28.3 Å². The Kier molecular flexibility index (Phi) is 6.77. The first kappa shape index (κ1) is 21.8. The number of esters is 1. The van der Waals surface area contributed by atoms with Crippen molar-refractivity contribution in [3.05, 3.63) is 65.2 Å². The van der Waals surface area contributed by atoms with Crippen molar-refractivity contribution in [3.63, 3.8) is 0 Å². The first-order valence-corrected chi connectivity index (χ1v) is 10.7. The lowest BCUT2D eigenvalue weighted by Crippen LogP contribution is -2.18. The molecule has 0 spiro atoms. The highest BCUT2D eigenvalue weighted by Gasteiger charge is 2.18. The third-order valence-corrected chi connectivity index (χ3v) is 6.12. The summed E-state index contributed by atoms with van der Waals surface area (Å²) in [4.78, 5) is 24.2. The van der Waals surface area contributed by atoms with Gasteiger partial charge in [-0.25, -0.2) is 8.42 Å². The molecule has 28 heavy (non-hydrogen) atoms. The molecule has 0 unspecified atom stereocenters. The number of carbonyl (C=O) groups excluding carboxylic acids is 2. The van der Waals surface area contributed by atoms with Gasteiger partial charge in [0.25, 0.3) is 0 Å². The average molecular weight is 403 g/mol. The van der Waals surface area contributed by atoms with E-state index in [1.54, 1.807) is 24.3 Å². The molecular formula is C22H26O5S. The number of Topliss-reactive ketones (excluding diaryl/α,β-unsaturated/α-hetero) is 1. The highest BCUT2D eigenvalue weighted by molar-refractivity contribution is 7.91. The van der Waals surface area contributed by atoms with Crippen molar-refractivity contribution in [2.24, 2.45) is 0 Å². The molecule has 0 atom stereocenters. The Bertz CT molecular complexity index is 934. The zero-order valence-electron chi connectivity index (χ0n) is 16.7. The van der Waals surface area contributed by atoms with Gasteiger partial charge in [0.1, 0.15) is 0 Å². The summed E-state index contributed by atoms with van der Waals surface area (Å²) in [6.07, 6.45) is -0.299. The molecule has 2 aromatic rings. The number of carbonyl (C=O) groups is 2. The fourth-order valence-corrected chi connectivity index (χ4v) is 3.76. The minimum atomic E-state index is -3.57. The number of hydrogen-bond acceptors (Lipinski definition) is 5. The van der Waals surface area contributed by atoms with Gasteiger partial charge in [-0.05, 0) is 30.0 Å². The summed E-state index contributed by atoms with van der Waals surface area (Å²) in [5.74, 6) is -1.39. The number of sulfone groups is 1. The molecule has 0 heterocycles. The molecule has 0 saturated carbocycles. The molecule has 0 radical (unpaired) electrons. The molecule has 0 aliphatic heterocycles. The Balaban J connectivity index is 1.86. The number of ether oxygens (including phenoxy) is 1. The molecule has 0 amide bonds. The van der Waals surface area contributed by atoms with Gasteiger partial charge >= 0.3 is 5.97 Å². The van der Waals surface area contributed by atoms with Gasteiger partial charge in [-0.3, -0.25) is 9.59 Å². The van der Waals surface area contributed by atoms with E-state index < -0.39 is 22.4 Å². The second-order valence-electron chi connectivity index (χ2n) is 7.79. The van der Waals surface area contributed by atoms with Crippen LogP contribution in [0.2, 0.25) is 0 Å². The second-order valence-corrected chi connectivity index (χ2v) is 9.90. The predicted molar refractivity (Wildman–Crippen MR) is 108 cm³/mol. The van der Waals surface area contributed by atoms with Crippen LogP contribution in [0.5, 0.6) is 0 Å². The summed E-state index contributed by atoms with van der Waals surface area (Å²) >= 11 is 0. The summed E-state index contributed by atoms with van der Waals surface area (Å²) in [7, 11) is -3.57. The van der Waals surface area contributed by atoms with Gasteiger partial charge in [0.05, 0.1) is 17.1 Å². The van der Waals surface area contributed by atoms with Crippen LogP contribution < -0.4 is 0 Å². The standard InChI is InChI=1S/C22H26O5S/c1-16-5-11-19(12-6-16)28(25,26)14-13-21(24)27-15-20(23)17-7-9-18(10-8-17)22(2,3)4/h5-12H,13-15H2,1-4H3. The number of ketones is 1. The molecule has 2 rings (SSSR count). The lowest BCUT2D eigenvalue weighted by Gasteiger charge is -2.18. The molecule has 0 bridgehead atoms. The Hall–Kier alpha value is -2.47. The number of rotatable bonds is 7. The van der Waals surface area contributed by atoms with Crippen LogP contribution in [0, 0.1) is 6.92 Å². The smallest absolute Gasteiger partial charge is 0.307 e. The summed E-state index contributed by atoms with van der Waals surface area (Å²) in [5, 5.41) is 0. The van der Waals surface area contributed by atoms with Crippen molar-refractivity contribution in [2.45, 2.75) is 44.4 Å². The molecular weight excluding hydrogens is 376 g/mol. The highest BCUT2D eigenvalue weighted by Crippen LogP contribution is 2.22. The Labute approximate surface area is 166 Å². The van der Waals surface area contributed by atoms with Gasteiger partial charge in [0.15, 0.2) is 22.2 Å². The van der Waals surface area contributed by atoms with Gasteiger partial charge in [-0.15, -0.1) is 0 Å². The van der Waals surface area contributed by atoms with E-state index in [2.05, 4.69) is 20.8 Å². The largest absolute Gasteiger partial charge is 0.457 e. The molecule has 0 aromatic heterocycles. The van der Waals surface area contributed by atoms with Gasteiger partial charge < -0.3 is 4.74 Å². The molecule has 0 N–H and O–H groups in total. The third-order valence-electron chi connectivity index (χ3n) is 4.39. The monoisotopic (exact) mass is 402 g/mol. The fourth-order valence-electron chi connectivity index (χ4n) is 2.54. The molecule has 5 nitrogen and oxygen atoms in total. The van der Waals surface area contributed by atoms with Gasteiger partial charge in [0, 0.05) is 5.56 Å². The van der Waals surface area contributed by atoms with E-state index in [9.17, 15) is 18.0 Å². The Morgan fingerprint density at radius 1 is 0.929 bits per heavy atom. The normalized spacial score (nSPS) is 11.9. The Morgan fingerprint density at radius 2 is 1.50 bits per heavy atom. The lowest BCUT2D eigenvalue weighted by molar-refractivity contribution is -0.142. The van der Waals surface area contributed by atoms with E-state index in [1.807, 2.05) is 19.1 Å². The van der Waals surface area contributed by atoms with E-state index in [0.29, 0.717) is 5.56 Å². The van der Waals surface area contributed by atoms with Gasteiger partial charge in [-0.1, -0.05) is 62.7 Å². The topological polar surface area (TPSA) is 77.5 Å². The van der Waals surface area contributed by atoms with Crippen LogP contribution in [-0.4, -0.2) is 32.5 Å². The number of aryl methyl sites for hydroxylation is 1. The maximum absolute atomic E-state index is 12.2. The SMILES string of the molecule is Cc1ccc(S(=O)(=O)CCC(=O)OCC(=O)c2ccc(C(C)(C)C)cc2)cc1. The van der Waals surface area contributed by atoms with Crippen LogP contribution >= 0.6 is 0 Å². The second kappa shape index (κ2) is 8.69. The van der Waals surface area contributed by atoms with Crippen LogP contribution in [0.3, 0.4) is 0 Å². The summed E-state index contributed by atoms with van der Waals surface area (Å²) in [6, 6.07) is 13.6. The molecule has 0 aliphatic rings. The minimum Gasteiger partial charge on any atom is -0.457 e. The van der Waals surface area contributed by atoms with Gasteiger partial charge in [0.2, 0.25) is 0 Å². The maximum atomic E-state index is 12.2. The van der Waals surface area contributed by atoms with Crippen LogP contribution in [0.15, 0.2) is 53.4 Å². The molecule has 150 valence electrons. The molecule has 0 fully saturated rings. The van der Waals surface area contributed by atoms with Crippen molar-refractivity contribution >= 4 is 21.6 Å². The number of benzene rings is 2. The Morgan fingerprint density at radius 3 is 2.04 bits per heavy atom. The summed E-state index contributed by atoms with van der Waals surface area (Å²) in [5.41, 5.74) is 2.49. The zero-order chi connectivity index (χ0) is 20.9. The first-order valence-electron chi connectivity index (χ1n) is 9.08. The van der Waals surface area contributed by atoms with E-state index in [0.717, 1.165) is 11.1 Å². The molecule has 0 saturated heterocycles. The van der Waals surface area contributed by atoms with E-state index in [1.165, 1.54) is 12.1 Å². The highest BCUT2D eigenvalue weighted by atomic mass is 32.2. The van der Waals surface area contributed by atoms with Crippen LogP contribution in [0.1, 0.15) is 48.7 Å². The van der Waals surface area contributed by atoms with Crippen LogP contribution in [-0.2, 0) is 24.8 Å². The van der Waals surface area contributed by atoms with Crippen molar-refractivity contribution in [3.8, 4) is 0 Å². The van der Waals surface area contributed by atoms with Crippen molar-refractivity contribution in [1.29, 1.82) is 0 Å². The lowest BCUT2D eigenvalue weighted by atomic mass is 9.86. The summed E-state index contributed by atoms with van der Waals surface area (Å²) in [6.45, 7) is 7.70. The minimum absolute atomic E-state index is 0.0169.